The molecule has 0 atom stereocenters. The van der Waals surface area contributed by atoms with E-state index >= 15 is 0 Å². The van der Waals surface area contributed by atoms with Crippen molar-refractivity contribution in [1.29, 1.82) is 0 Å². The van der Waals surface area contributed by atoms with Gasteiger partial charge in [0.1, 0.15) is 11.2 Å². The van der Waals surface area contributed by atoms with Crippen LogP contribution in [0.4, 0.5) is 17.1 Å². The first-order valence-corrected chi connectivity index (χ1v) is 18.3. The first-order valence-electron chi connectivity index (χ1n) is 18.3. The number of furan rings is 1. The summed E-state index contributed by atoms with van der Waals surface area (Å²) in [4.78, 5) is 6.91. The van der Waals surface area contributed by atoms with E-state index in [0.29, 0.717) is 0 Å². The Morgan fingerprint density at radius 1 is 0.352 bits per heavy atom. The number of hydrogen-bond donors (Lipinski definition) is 0. The van der Waals surface area contributed by atoms with Crippen molar-refractivity contribution < 1.29 is 4.42 Å². The lowest BCUT2D eigenvalue weighted by Crippen LogP contribution is -2.10. The van der Waals surface area contributed by atoms with Crippen LogP contribution in [0.3, 0.4) is 0 Å². The largest absolute Gasteiger partial charge is 0.456 e. The minimum Gasteiger partial charge on any atom is -0.456 e. The number of aromatic nitrogens is 1. The topological polar surface area (TPSA) is 29.3 Å². The van der Waals surface area contributed by atoms with Crippen LogP contribution >= 0.6 is 0 Å². The molecule has 0 aliphatic heterocycles. The van der Waals surface area contributed by atoms with Gasteiger partial charge < -0.3 is 9.32 Å². The quantitative estimate of drug-likeness (QED) is 0.167. The van der Waals surface area contributed by atoms with E-state index in [9.17, 15) is 0 Å². The molecule has 0 fully saturated rings. The van der Waals surface area contributed by atoms with Crippen LogP contribution in [0.15, 0.2) is 211 Å². The van der Waals surface area contributed by atoms with Gasteiger partial charge >= 0.3 is 0 Å². The van der Waals surface area contributed by atoms with E-state index < -0.39 is 0 Å². The number of hydrogen-bond acceptors (Lipinski definition) is 3. The summed E-state index contributed by atoms with van der Waals surface area (Å²) in [5.41, 5.74) is 15.3. The van der Waals surface area contributed by atoms with E-state index in [4.69, 9.17) is 4.42 Å². The number of anilines is 3. The molecule has 2 aromatic heterocycles. The highest BCUT2D eigenvalue weighted by Gasteiger charge is 2.18. The standard InChI is InChI=1S/C51H34N2O/c1-4-12-35(13-5-1)39-18-10-20-43(30-39)53(44-26-28-46-48-34-49-41(19-11-29-52-49)32-50(48)54-51(46)33-44)42-24-21-38(22-25-42)45-27-23-40(36-14-6-2-7-15-36)31-47(45)37-16-8-3-9-17-37/h1-34H. The maximum absolute atomic E-state index is 6.54. The molecule has 254 valence electrons. The normalized spacial score (nSPS) is 11.3. The molecule has 3 nitrogen and oxygen atoms in total. The van der Waals surface area contributed by atoms with E-state index in [1.54, 1.807) is 0 Å². The minimum absolute atomic E-state index is 0.838. The van der Waals surface area contributed by atoms with Gasteiger partial charge in [-0.2, -0.15) is 0 Å². The number of benzene rings is 8. The Morgan fingerprint density at radius 3 is 1.69 bits per heavy atom. The van der Waals surface area contributed by atoms with Gasteiger partial charge in [-0.25, -0.2) is 0 Å². The molecule has 0 spiro atoms. The second-order valence-corrected chi connectivity index (χ2v) is 13.6. The van der Waals surface area contributed by atoms with E-state index in [0.717, 1.165) is 61.0 Å². The Morgan fingerprint density at radius 2 is 0.944 bits per heavy atom. The Labute approximate surface area is 314 Å². The fourth-order valence-electron chi connectivity index (χ4n) is 7.63. The summed E-state index contributed by atoms with van der Waals surface area (Å²) in [5.74, 6) is 0. The predicted octanol–water partition coefficient (Wildman–Crippen LogP) is 14.3. The summed E-state index contributed by atoms with van der Waals surface area (Å²) >= 11 is 0. The van der Waals surface area contributed by atoms with Crippen LogP contribution in [0, 0.1) is 0 Å². The van der Waals surface area contributed by atoms with Crippen molar-refractivity contribution in [3.05, 3.63) is 206 Å². The number of rotatable bonds is 7. The molecule has 2 heterocycles. The number of pyridine rings is 1. The second-order valence-electron chi connectivity index (χ2n) is 13.6. The number of nitrogens with zero attached hydrogens (tertiary/aromatic N) is 2. The summed E-state index contributed by atoms with van der Waals surface area (Å²) in [6, 6.07) is 71.1. The maximum atomic E-state index is 6.54. The van der Waals surface area contributed by atoms with Gasteiger partial charge in [-0.3, -0.25) is 4.98 Å². The van der Waals surface area contributed by atoms with Crippen molar-refractivity contribution in [2.24, 2.45) is 0 Å². The van der Waals surface area contributed by atoms with Crippen molar-refractivity contribution in [3.63, 3.8) is 0 Å². The van der Waals surface area contributed by atoms with Gasteiger partial charge in [0.15, 0.2) is 0 Å². The third-order valence-electron chi connectivity index (χ3n) is 10.3. The zero-order valence-corrected chi connectivity index (χ0v) is 29.4. The van der Waals surface area contributed by atoms with Gasteiger partial charge in [-0.15, -0.1) is 0 Å². The highest BCUT2D eigenvalue weighted by Crippen LogP contribution is 2.42. The van der Waals surface area contributed by atoms with Crippen LogP contribution in [0.25, 0.3) is 77.3 Å². The molecule has 8 aromatic carbocycles. The second kappa shape index (κ2) is 13.4. The van der Waals surface area contributed by atoms with Gasteiger partial charge in [-0.1, -0.05) is 133 Å². The molecule has 0 amide bonds. The minimum atomic E-state index is 0.838. The predicted molar refractivity (Wildman–Crippen MR) is 225 cm³/mol. The molecule has 10 rings (SSSR count). The van der Waals surface area contributed by atoms with Gasteiger partial charge in [0.25, 0.3) is 0 Å². The average molecular weight is 691 g/mol. The van der Waals surface area contributed by atoms with Crippen LogP contribution in [0.5, 0.6) is 0 Å². The number of fused-ring (bicyclic) bond motifs is 4. The van der Waals surface area contributed by atoms with Gasteiger partial charge in [0.05, 0.1) is 5.52 Å². The SMILES string of the molecule is c1ccc(-c2cccc(N(c3ccc(-c4ccc(-c5ccccc5)cc4-c4ccccc4)cc3)c3ccc4c(c3)oc3cc5cccnc5cc34)c2)cc1. The molecule has 0 aliphatic rings. The lowest BCUT2D eigenvalue weighted by molar-refractivity contribution is 0.669. The lowest BCUT2D eigenvalue weighted by atomic mass is 9.91. The summed E-state index contributed by atoms with van der Waals surface area (Å²) in [6.45, 7) is 0. The van der Waals surface area contributed by atoms with Crippen molar-refractivity contribution >= 4 is 49.9 Å². The van der Waals surface area contributed by atoms with Crippen molar-refractivity contribution in [3.8, 4) is 44.5 Å². The third-order valence-corrected chi connectivity index (χ3v) is 10.3. The van der Waals surface area contributed by atoms with E-state index in [-0.39, 0.29) is 0 Å². The van der Waals surface area contributed by atoms with Crippen LogP contribution < -0.4 is 4.90 Å². The van der Waals surface area contributed by atoms with Crippen molar-refractivity contribution in [2.45, 2.75) is 0 Å². The maximum Gasteiger partial charge on any atom is 0.137 e. The molecule has 0 unspecified atom stereocenters. The Hall–Kier alpha value is -7.23. The van der Waals surface area contributed by atoms with Crippen LogP contribution in [0.2, 0.25) is 0 Å². The zero-order chi connectivity index (χ0) is 35.8. The Bertz CT molecular complexity index is 2920. The molecular weight excluding hydrogens is 657 g/mol. The van der Waals surface area contributed by atoms with Gasteiger partial charge in [-0.05, 0) is 105 Å². The van der Waals surface area contributed by atoms with Crippen molar-refractivity contribution in [2.75, 3.05) is 4.90 Å². The third kappa shape index (κ3) is 5.78. The Balaban J connectivity index is 1.10. The molecule has 0 radical (unpaired) electrons. The fraction of sp³-hybridized carbons (Fsp3) is 0. The van der Waals surface area contributed by atoms with Crippen LogP contribution in [0.1, 0.15) is 0 Å². The highest BCUT2D eigenvalue weighted by molar-refractivity contribution is 6.10. The molecule has 0 saturated heterocycles. The van der Waals surface area contributed by atoms with Gasteiger partial charge in [0.2, 0.25) is 0 Å². The molecule has 0 saturated carbocycles. The summed E-state index contributed by atoms with van der Waals surface area (Å²) in [6.07, 6.45) is 1.84. The smallest absolute Gasteiger partial charge is 0.137 e. The molecule has 54 heavy (non-hydrogen) atoms. The summed E-state index contributed by atoms with van der Waals surface area (Å²) in [5, 5.41) is 3.20. The zero-order valence-electron chi connectivity index (χ0n) is 29.4. The van der Waals surface area contributed by atoms with E-state index in [1.165, 1.54) is 33.4 Å². The highest BCUT2D eigenvalue weighted by atomic mass is 16.3. The van der Waals surface area contributed by atoms with Crippen LogP contribution in [-0.4, -0.2) is 4.98 Å². The van der Waals surface area contributed by atoms with E-state index in [2.05, 4.69) is 204 Å². The average Bonchev–Trinajstić information content (AvgIpc) is 3.60. The fourth-order valence-corrected chi connectivity index (χ4v) is 7.63. The molecule has 3 heteroatoms. The first kappa shape index (κ1) is 31.5. The van der Waals surface area contributed by atoms with Gasteiger partial charge in [0, 0.05) is 45.5 Å². The summed E-state index contributed by atoms with van der Waals surface area (Å²) in [7, 11) is 0. The summed E-state index contributed by atoms with van der Waals surface area (Å²) < 4.78 is 6.54. The van der Waals surface area contributed by atoms with Crippen molar-refractivity contribution in [1.82, 2.24) is 4.98 Å². The molecule has 0 N–H and O–H groups in total. The van der Waals surface area contributed by atoms with E-state index in [1.807, 2.05) is 12.3 Å². The molecule has 0 aliphatic carbocycles. The molecule has 10 aromatic rings. The Kier molecular flexibility index (Phi) is 7.81. The molecular formula is C51H34N2O. The first-order chi connectivity index (χ1) is 26.7. The lowest BCUT2D eigenvalue weighted by Gasteiger charge is -2.26. The van der Waals surface area contributed by atoms with Crippen LogP contribution in [-0.2, 0) is 0 Å². The molecule has 0 bridgehead atoms. The monoisotopic (exact) mass is 690 g/mol.